The maximum absolute atomic E-state index is 13.9. The van der Waals surface area contributed by atoms with Crippen LogP contribution in [0.3, 0.4) is 0 Å². The molecule has 28 heavy (non-hydrogen) atoms. The Hall–Kier alpha value is -3.47. The standard InChI is InChI=1S/C23H20FN3O/c1-14-10-11-25-20(12-14)27-21(17-4-3-5-18(24)13-17)19-9-8-16-7-6-15(2)26-22(16)23(19)28/h3-13,21,28H,1-2H3,(H,25,27). The van der Waals surface area contributed by atoms with Crippen molar-refractivity contribution < 1.29 is 9.50 Å². The van der Waals surface area contributed by atoms with E-state index in [1.54, 1.807) is 12.3 Å². The molecule has 2 heterocycles. The summed E-state index contributed by atoms with van der Waals surface area (Å²) in [4.78, 5) is 8.84. The lowest BCUT2D eigenvalue weighted by atomic mass is 9.96. The zero-order chi connectivity index (χ0) is 19.7. The minimum atomic E-state index is -0.489. The molecule has 0 saturated heterocycles. The molecular formula is C23H20FN3O. The van der Waals surface area contributed by atoms with Gasteiger partial charge in [0.1, 0.15) is 22.9 Å². The molecule has 0 aliphatic heterocycles. The SMILES string of the molecule is Cc1ccnc(NC(c2cccc(F)c2)c2ccc3ccc(C)nc3c2O)c1. The third-order valence-corrected chi connectivity index (χ3v) is 4.71. The fourth-order valence-electron chi connectivity index (χ4n) is 3.31. The van der Waals surface area contributed by atoms with Gasteiger partial charge in [0.25, 0.3) is 0 Å². The van der Waals surface area contributed by atoms with Crippen molar-refractivity contribution in [2.24, 2.45) is 0 Å². The number of aromatic nitrogens is 2. The van der Waals surface area contributed by atoms with E-state index in [0.717, 1.165) is 16.6 Å². The van der Waals surface area contributed by atoms with Gasteiger partial charge >= 0.3 is 0 Å². The second-order valence-electron chi connectivity index (χ2n) is 6.88. The van der Waals surface area contributed by atoms with Crippen LogP contribution in [0.25, 0.3) is 10.9 Å². The monoisotopic (exact) mass is 373 g/mol. The molecule has 0 fully saturated rings. The summed E-state index contributed by atoms with van der Waals surface area (Å²) in [6.07, 6.45) is 1.71. The van der Waals surface area contributed by atoms with Gasteiger partial charge in [-0.15, -0.1) is 0 Å². The second-order valence-corrected chi connectivity index (χ2v) is 6.88. The fraction of sp³-hybridized carbons (Fsp3) is 0.130. The lowest BCUT2D eigenvalue weighted by molar-refractivity contribution is 0.471. The number of benzene rings is 2. The Morgan fingerprint density at radius 3 is 2.61 bits per heavy atom. The number of pyridine rings is 2. The topological polar surface area (TPSA) is 58.0 Å². The van der Waals surface area contributed by atoms with Gasteiger partial charge in [0, 0.05) is 22.8 Å². The summed E-state index contributed by atoms with van der Waals surface area (Å²) < 4.78 is 13.9. The van der Waals surface area contributed by atoms with Gasteiger partial charge in [0.2, 0.25) is 0 Å². The number of rotatable bonds is 4. The lowest BCUT2D eigenvalue weighted by Crippen LogP contribution is -2.14. The van der Waals surface area contributed by atoms with Gasteiger partial charge in [0.05, 0.1) is 6.04 Å². The summed E-state index contributed by atoms with van der Waals surface area (Å²) in [6, 6.07) is 17.2. The maximum Gasteiger partial charge on any atom is 0.147 e. The summed E-state index contributed by atoms with van der Waals surface area (Å²) >= 11 is 0. The third-order valence-electron chi connectivity index (χ3n) is 4.71. The molecule has 0 aliphatic carbocycles. The highest BCUT2D eigenvalue weighted by Crippen LogP contribution is 2.36. The number of anilines is 1. The van der Waals surface area contributed by atoms with E-state index >= 15 is 0 Å². The van der Waals surface area contributed by atoms with Crippen molar-refractivity contribution in [3.8, 4) is 5.75 Å². The first-order valence-electron chi connectivity index (χ1n) is 9.05. The largest absolute Gasteiger partial charge is 0.505 e. The van der Waals surface area contributed by atoms with Gasteiger partial charge in [-0.25, -0.2) is 14.4 Å². The van der Waals surface area contributed by atoms with Crippen LogP contribution < -0.4 is 5.32 Å². The number of aromatic hydroxyl groups is 1. The number of hydrogen-bond acceptors (Lipinski definition) is 4. The van der Waals surface area contributed by atoms with Gasteiger partial charge in [-0.2, -0.15) is 0 Å². The van der Waals surface area contributed by atoms with Gasteiger partial charge in [-0.3, -0.25) is 0 Å². The van der Waals surface area contributed by atoms with Crippen LogP contribution in [-0.4, -0.2) is 15.1 Å². The fourth-order valence-corrected chi connectivity index (χ4v) is 3.31. The highest BCUT2D eigenvalue weighted by Gasteiger charge is 2.21. The van der Waals surface area contributed by atoms with Crippen LogP contribution in [0.4, 0.5) is 10.2 Å². The van der Waals surface area contributed by atoms with E-state index in [1.165, 1.54) is 12.1 Å². The molecule has 2 aromatic heterocycles. The van der Waals surface area contributed by atoms with Crippen molar-refractivity contribution in [3.63, 3.8) is 0 Å². The van der Waals surface area contributed by atoms with Crippen LogP contribution in [-0.2, 0) is 0 Å². The Morgan fingerprint density at radius 1 is 1.00 bits per heavy atom. The number of phenolic OH excluding ortho intramolecular Hbond substituents is 1. The van der Waals surface area contributed by atoms with Crippen molar-refractivity contribution in [2.45, 2.75) is 19.9 Å². The molecular weight excluding hydrogens is 353 g/mol. The zero-order valence-corrected chi connectivity index (χ0v) is 15.6. The predicted molar refractivity (Wildman–Crippen MR) is 109 cm³/mol. The van der Waals surface area contributed by atoms with E-state index in [4.69, 9.17) is 0 Å². The minimum absolute atomic E-state index is 0.0793. The van der Waals surface area contributed by atoms with Gasteiger partial charge in [-0.1, -0.05) is 30.3 Å². The molecule has 1 atom stereocenters. The van der Waals surface area contributed by atoms with E-state index < -0.39 is 6.04 Å². The molecule has 4 nitrogen and oxygen atoms in total. The average molecular weight is 373 g/mol. The first kappa shape index (κ1) is 17.9. The maximum atomic E-state index is 13.9. The summed E-state index contributed by atoms with van der Waals surface area (Å²) in [5, 5.41) is 15.2. The highest BCUT2D eigenvalue weighted by molar-refractivity contribution is 5.86. The first-order valence-corrected chi connectivity index (χ1v) is 9.05. The molecule has 2 aromatic carbocycles. The van der Waals surface area contributed by atoms with E-state index in [-0.39, 0.29) is 11.6 Å². The molecule has 2 N–H and O–H groups in total. The molecule has 0 spiro atoms. The summed E-state index contributed by atoms with van der Waals surface area (Å²) in [7, 11) is 0. The normalized spacial score (nSPS) is 12.1. The van der Waals surface area contributed by atoms with Crippen LogP contribution in [0, 0.1) is 19.7 Å². The van der Waals surface area contributed by atoms with Crippen molar-refractivity contribution in [3.05, 3.63) is 95.1 Å². The van der Waals surface area contributed by atoms with Crippen LogP contribution in [0.1, 0.15) is 28.4 Å². The summed E-state index contributed by atoms with van der Waals surface area (Å²) in [6.45, 7) is 3.86. The molecule has 4 rings (SSSR count). The average Bonchev–Trinajstić information content (AvgIpc) is 2.67. The molecule has 0 bridgehead atoms. The highest BCUT2D eigenvalue weighted by atomic mass is 19.1. The van der Waals surface area contributed by atoms with Crippen molar-refractivity contribution >= 4 is 16.7 Å². The molecule has 0 saturated carbocycles. The molecule has 140 valence electrons. The predicted octanol–water partition coefficient (Wildman–Crippen LogP) is 5.29. The minimum Gasteiger partial charge on any atom is -0.505 e. The van der Waals surface area contributed by atoms with E-state index in [0.29, 0.717) is 22.5 Å². The lowest BCUT2D eigenvalue weighted by Gasteiger charge is -2.22. The smallest absolute Gasteiger partial charge is 0.147 e. The van der Waals surface area contributed by atoms with Crippen molar-refractivity contribution in [2.75, 3.05) is 5.32 Å². The molecule has 0 radical (unpaired) electrons. The first-order chi connectivity index (χ1) is 13.5. The Kier molecular flexibility index (Phi) is 4.65. The summed E-state index contributed by atoms with van der Waals surface area (Å²) in [5.41, 5.74) is 3.69. The molecule has 5 heteroatoms. The number of hydrogen-bond donors (Lipinski definition) is 2. The number of fused-ring (bicyclic) bond motifs is 1. The third kappa shape index (κ3) is 3.51. The second kappa shape index (κ2) is 7.27. The molecule has 4 aromatic rings. The van der Waals surface area contributed by atoms with Crippen molar-refractivity contribution in [1.82, 2.24) is 9.97 Å². The van der Waals surface area contributed by atoms with Gasteiger partial charge < -0.3 is 10.4 Å². The number of aryl methyl sites for hydroxylation is 2. The van der Waals surface area contributed by atoms with Crippen LogP contribution in [0.5, 0.6) is 5.75 Å². The number of nitrogens with zero attached hydrogens (tertiary/aromatic N) is 2. The van der Waals surface area contributed by atoms with Crippen LogP contribution in [0.2, 0.25) is 0 Å². The Morgan fingerprint density at radius 2 is 1.82 bits per heavy atom. The molecule has 0 aliphatic rings. The van der Waals surface area contributed by atoms with Gasteiger partial charge in [0.15, 0.2) is 0 Å². The Labute approximate surface area is 162 Å². The summed E-state index contributed by atoms with van der Waals surface area (Å²) in [5.74, 6) is 0.386. The Balaban J connectivity index is 1.87. The zero-order valence-electron chi connectivity index (χ0n) is 15.6. The molecule has 1 unspecified atom stereocenters. The van der Waals surface area contributed by atoms with Crippen LogP contribution in [0.15, 0.2) is 66.9 Å². The number of phenols is 1. The van der Waals surface area contributed by atoms with Crippen molar-refractivity contribution in [1.29, 1.82) is 0 Å². The van der Waals surface area contributed by atoms with E-state index in [2.05, 4.69) is 15.3 Å². The van der Waals surface area contributed by atoms with E-state index in [9.17, 15) is 9.50 Å². The number of halogens is 1. The van der Waals surface area contributed by atoms with Gasteiger partial charge in [-0.05, 0) is 55.3 Å². The van der Waals surface area contributed by atoms with E-state index in [1.807, 2.05) is 56.3 Å². The quantitative estimate of drug-likeness (QED) is 0.510. The number of nitrogens with one attached hydrogen (secondary N) is 1. The Bertz CT molecular complexity index is 1160. The van der Waals surface area contributed by atoms with Crippen LogP contribution >= 0.6 is 0 Å². The molecule has 0 amide bonds.